The fourth-order valence-electron chi connectivity index (χ4n) is 4.61. The molecule has 1 spiro atoms. The maximum atomic E-state index is 14.1. The van der Waals surface area contributed by atoms with Crippen molar-refractivity contribution in [3.63, 3.8) is 0 Å². The fraction of sp³-hybridized carbons (Fsp3) is 0.231. The number of hydrogen-bond acceptors (Lipinski definition) is 5. The molecule has 3 aromatic rings. The Bertz CT molecular complexity index is 1280. The van der Waals surface area contributed by atoms with Crippen molar-refractivity contribution in [1.29, 1.82) is 0 Å². The molecule has 2 aliphatic rings. The molecule has 0 aliphatic carbocycles. The number of carbonyl (C=O) groups excluding carboxylic acids is 2. The van der Waals surface area contributed by atoms with Crippen LogP contribution in [0.25, 0.3) is 0 Å². The number of methoxy groups -OCH3 is 2. The lowest BCUT2D eigenvalue weighted by atomic mass is 10.0. The topological polar surface area (TPSA) is 59.1 Å². The Labute approximate surface area is 207 Å². The number of benzene rings is 3. The van der Waals surface area contributed by atoms with Gasteiger partial charge in [0.05, 0.1) is 26.5 Å². The van der Waals surface area contributed by atoms with Gasteiger partial charge in [-0.05, 0) is 54.1 Å². The van der Waals surface area contributed by atoms with Crippen molar-refractivity contribution in [2.45, 2.75) is 11.4 Å². The molecule has 174 valence electrons. The summed E-state index contributed by atoms with van der Waals surface area (Å²) in [6, 6.07) is 20.1. The van der Waals surface area contributed by atoms with E-state index >= 15 is 0 Å². The minimum atomic E-state index is -1.17. The maximum absolute atomic E-state index is 14.1. The van der Waals surface area contributed by atoms with Gasteiger partial charge in [-0.25, -0.2) is 0 Å². The van der Waals surface area contributed by atoms with Crippen LogP contribution in [0.2, 0.25) is 5.02 Å². The highest BCUT2D eigenvalue weighted by atomic mass is 35.5. The summed E-state index contributed by atoms with van der Waals surface area (Å²) < 4.78 is 10.7. The van der Waals surface area contributed by atoms with Crippen molar-refractivity contribution in [1.82, 2.24) is 4.90 Å². The summed E-state index contributed by atoms with van der Waals surface area (Å²) in [5.74, 6) is 1.59. The molecule has 1 atom stereocenters. The van der Waals surface area contributed by atoms with E-state index in [0.717, 1.165) is 22.6 Å². The first-order valence-corrected chi connectivity index (χ1v) is 12.2. The lowest BCUT2D eigenvalue weighted by Crippen LogP contribution is -2.50. The van der Waals surface area contributed by atoms with Crippen molar-refractivity contribution in [3.05, 3.63) is 88.4 Å². The van der Waals surface area contributed by atoms with Gasteiger partial charge in [0, 0.05) is 28.4 Å². The monoisotopic (exact) mass is 494 g/mol. The van der Waals surface area contributed by atoms with E-state index in [1.807, 2.05) is 36.4 Å². The maximum Gasteiger partial charge on any atom is 0.268 e. The van der Waals surface area contributed by atoms with Crippen LogP contribution >= 0.6 is 23.4 Å². The van der Waals surface area contributed by atoms with Gasteiger partial charge in [-0.3, -0.25) is 9.59 Å². The summed E-state index contributed by atoms with van der Waals surface area (Å²) in [6.45, 7) is 0.805. The Hall–Kier alpha value is -3.16. The van der Waals surface area contributed by atoms with Crippen molar-refractivity contribution in [2.75, 3.05) is 31.4 Å². The molecule has 0 N–H and O–H groups in total. The number of carbonyl (C=O) groups is 2. The molecule has 0 saturated carbocycles. The molecular weight excluding hydrogens is 472 g/mol. The largest absolute Gasteiger partial charge is 0.497 e. The molecule has 34 heavy (non-hydrogen) atoms. The molecule has 8 heteroatoms. The summed E-state index contributed by atoms with van der Waals surface area (Å²) >= 11 is 7.86. The molecule has 0 aromatic heterocycles. The standard InChI is InChI=1S/C26H23ClN2O4S/c1-32-20-7-3-5-17(13-20)16-28-23-10-9-19(27)15-22(23)26(25(28)31)29(11-12-34-26)24(30)18-6-4-8-21(14-18)33-2/h3-10,13-15H,11-12,16H2,1-2H3/t26-/m1/s1. The van der Waals surface area contributed by atoms with Gasteiger partial charge in [0.15, 0.2) is 4.87 Å². The van der Waals surface area contributed by atoms with Crippen LogP contribution in [0.3, 0.4) is 0 Å². The summed E-state index contributed by atoms with van der Waals surface area (Å²) in [7, 11) is 3.18. The van der Waals surface area contributed by atoms with Gasteiger partial charge < -0.3 is 19.3 Å². The second-order valence-corrected chi connectivity index (χ2v) is 9.81. The van der Waals surface area contributed by atoms with Crippen LogP contribution in [0, 0.1) is 0 Å². The van der Waals surface area contributed by atoms with E-state index in [0.29, 0.717) is 35.2 Å². The highest BCUT2D eigenvalue weighted by Crippen LogP contribution is 2.55. The first-order valence-electron chi connectivity index (χ1n) is 10.8. The minimum absolute atomic E-state index is 0.147. The number of nitrogens with zero attached hydrogens (tertiary/aromatic N) is 2. The SMILES string of the molecule is COc1cccc(CN2C(=O)[C@]3(SCCN3C(=O)c3cccc(OC)c3)c3cc(Cl)ccc32)c1. The van der Waals surface area contributed by atoms with Gasteiger partial charge in [-0.1, -0.05) is 29.8 Å². The van der Waals surface area contributed by atoms with Crippen LogP contribution in [0.4, 0.5) is 5.69 Å². The van der Waals surface area contributed by atoms with Gasteiger partial charge in [-0.15, -0.1) is 11.8 Å². The highest BCUT2D eigenvalue weighted by Gasteiger charge is 2.59. The number of ether oxygens (including phenoxy) is 2. The molecule has 0 unspecified atom stereocenters. The van der Waals surface area contributed by atoms with Crippen LogP contribution in [0.15, 0.2) is 66.7 Å². The van der Waals surface area contributed by atoms with Crippen LogP contribution in [0.1, 0.15) is 21.5 Å². The van der Waals surface area contributed by atoms with Crippen LogP contribution < -0.4 is 14.4 Å². The summed E-state index contributed by atoms with van der Waals surface area (Å²) in [6.07, 6.45) is 0. The van der Waals surface area contributed by atoms with Gasteiger partial charge in [0.2, 0.25) is 0 Å². The van der Waals surface area contributed by atoms with Gasteiger partial charge >= 0.3 is 0 Å². The lowest BCUT2D eigenvalue weighted by molar-refractivity contribution is -0.123. The molecule has 1 fully saturated rings. The normalized spacial score (nSPS) is 19.0. The third-order valence-electron chi connectivity index (χ3n) is 6.19. The third-order valence-corrected chi connectivity index (χ3v) is 7.85. The zero-order valence-corrected chi connectivity index (χ0v) is 20.4. The number of halogens is 1. The molecule has 5 rings (SSSR count). The van der Waals surface area contributed by atoms with Crippen molar-refractivity contribution in [3.8, 4) is 11.5 Å². The Kier molecular flexibility index (Phi) is 5.91. The lowest BCUT2D eigenvalue weighted by Gasteiger charge is -2.33. The number of hydrogen-bond donors (Lipinski definition) is 0. The van der Waals surface area contributed by atoms with Crippen molar-refractivity contribution in [2.24, 2.45) is 0 Å². The van der Waals surface area contributed by atoms with E-state index in [1.54, 1.807) is 54.4 Å². The van der Waals surface area contributed by atoms with E-state index in [9.17, 15) is 9.59 Å². The first-order chi connectivity index (χ1) is 16.5. The van der Waals surface area contributed by atoms with Crippen LogP contribution in [-0.2, 0) is 16.2 Å². The number of amides is 2. The number of thioether (sulfide) groups is 1. The fourth-order valence-corrected chi connectivity index (χ4v) is 6.23. The first kappa shape index (κ1) is 22.6. The molecule has 0 bridgehead atoms. The van der Waals surface area contributed by atoms with Crippen LogP contribution in [0.5, 0.6) is 11.5 Å². The number of fused-ring (bicyclic) bond motifs is 2. The second-order valence-electron chi connectivity index (χ2n) is 8.09. The molecule has 2 heterocycles. The number of anilines is 1. The molecule has 1 saturated heterocycles. The van der Waals surface area contributed by atoms with Crippen LogP contribution in [-0.4, -0.2) is 43.2 Å². The third kappa shape index (κ3) is 3.60. The van der Waals surface area contributed by atoms with E-state index in [-0.39, 0.29) is 11.8 Å². The molecule has 6 nitrogen and oxygen atoms in total. The second kappa shape index (κ2) is 8.89. The van der Waals surface area contributed by atoms with Gasteiger partial charge in [0.25, 0.3) is 11.8 Å². The van der Waals surface area contributed by atoms with Gasteiger partial charge in [0.1, 0.15) is 11.5 Å². The van der Waals surface area contributed by atoms with E-state index in [2.05, 4.69) is 0 Å². The minimum Gasteiger partial charge on any atom is -0.497 e. The molecule has 3 aromatic carbocycles. The summed E-state index contributed by atoms with van der Waals surface area (Å²) in [5.41, 5.74) is 2.91. The number of rotatable bonds is 5. The van der Waals surface area contributed by atoms with Gasteiger partial charge in [-0.2, -0.15) is 0 Å². The van der Waals surface area contributed by atoms with E-state index in [4.69, 9.17) is 21.1 Å². The Morgan fingerprint density at radius 2 is 1.76 bits per heavy atom. The summed E-state index contributed by atoms with van der Waals surface area (Å²) in [4.78, 5) is 30.1. The quantitative estimate of drug-likeness (QED) is 0.502. The molecular formula is C26H23ClN2O4S. The molecule has 0 radical (unpaired) electrons. The molecule has 2 aliphatic heterocycles. The van der Waals surface area contributed by atoms with Crippen molar-refractivity contribution < 1.29 is 19.1 Å². The zero-order chi connectivity index (χ0) is 23.9. The Morgan fingerprint density at radius 1 is 1.03 bits per heavy atom. The smallest absolute Gasteiger partial charge is 0.268 e. The zero-order valence-electron chi connectivity index (χ0n) is 18.8. The summed E-state index contributed by atoms with van der Waals surface area (Å²) in [5, 5.41) is 0.524. The Balaban J connectivity index is 1.58. The average molecular weight is 495 g/mol. The van der Waals surface area contributed by atoms with Crippen molar-refractivity contribution >= 4 is 40.9 Å². The Morgan fingerprint density at radius 3 is 2.53 bits per heavy atom. The van der Waals surface area contributed by atoms with E-state index in [1.165, 1.54) is 11.8 Å². The van der Waals surface area contributed by atoms with E-state index < -0.39 is 4.87 Å². The average Bonchev–Trinajstić information content (AvgIpc) is 3.40. The predicted molar refractivity (Wildman–Crippen MR) is 134 cm³/mol. The highest BCUT2D eigenvalue weighted by molar-refractivity contribution is 8.01. The molecule has 2 amide bonds. The predicted octanol–water partition coefficient (Wildman–Crippen LogP) is 4.95.